The molecule has 0 spiro atoms. The van der Waals surface area contributed by atoms with E-state index in [0.29, 0.717) is 18.5 Å². The van der Waals surface area contributed by atoms with Gasteiger partial charge in [0.2, 0.25) is 0 Å². The fraction of sp³-hybridized carbons (Fsp3) is 1.00. The Balaban J connectivity index is 2.32. The maximum Gasteiger partial charge on any atom is 0.0772 e. The summed E-state index contributed by atoms with van der Waals surface area (Å²) >= 11 is 0. The summed E-state index contributed by atoms with van der Waals surface area (Å²) in [5.74, 6) is 0. The second-order valence-electron chi connectivity index (χ2n) is 6.84. The van der Waals surface area contributed by atoms with Gasteiger partial charge in [-0.1, -0.05) is 20.8 Å². The third-order valence-corrected chi connectivity index (χ3v) is 4.26. The zero-order chi connectivity index (χ0) is 13.2. The van der Waals surface area contributed by atoms with Crippen molar-refractivity contribution in [3.63, 3.8) is 0 Å². The number of aliphatic hydroxyl groups is 2. The van der Waals surface area contributed by atoms with E-state index in [9.17, 15) is 10.2 Å². The van der Waals surface area contributed by atoms with Crippen molar-refractivity contribution in [1.82, 2.24) is 5.32 Å². The minimum Gasteiger partial charge on any atom is -0.389 e. The van der Waals surface area contributed by atoms with Crippen molar-refractivity contribution in [2.45, 2.75) is 71.0 Å². The van der Waals surface area contributed by atoms with Crippen LogP contribution in [0.3, 0.4) is 0 Å². The zero-order valence-corrected chi connectivity index (χ0v) is 11.8. The molecule has 3 nitrogen and oxygen atoms in total. The summed E-state index contributed by atoms with van der Waals surface area (Å²) in [5.41, 5.74) is -0.856. The fourth-order valence-corrected chi connectivity index (χ4v) is 2.26. The van der Waals surface area contributed by atoms with Gasteiger partial charge in [-0.3, -0.25) is 0 Å². The van der Waals surface area contributed by atoms with Gasteiger partial charge in [0.25, 0.3) is 0 Å². The van der Waals surface area contributed by atoms with Crippen molar-refractivity contribution in [3.05, 3.63) is 0 Å². The van der Waals surface area contributed by atoms with E-state index < -0.39 is 11.2 Å². The minimum absolute atomic E-state index is 0.376. The monoisotopic (exact) mass is 243 g/mol. The zero-order valence-electron chi connectivity index (χ0n) is 11.8. The molecule has 0 aromatic heterocycles. The number of hydrogen-bond donors (Lipinski definition) is 3. The normalized spacial score (nSPS) is 26.5. The van der Waals surface area contributed by atoms with Crippen LogP contribution in [0.15, 0.2) is 0 Å². The van der Waals surface area contributed by atoms with Crippen LogP contribution < -0.4 is 5.32 Å². The highest BCUT2D eigenvalue weighted by molar-refractivity contribution is 4.91. The Bertz CT molecular complexity index is 239. The van der Waals surface area contributed by atoms with Crippen molar-refractivity contribution >= 4 is 0 Å². The molecule has 1 saturated carbocycles. The van der Waals surface area contributed by atoms with Crippen LogP contribution in [0.1, 0.15) is 59.8 Å². The van der Waals surface area contributed by atoms with Gasteiger partial charge >= 0.3 is 0 Å². The molecule has 17 heavy (non-hydrogen) atoms. The van der Waals surface area contributed by atoms with Crippen LogP contribution in [0.25, 0.3) is 0 Å². The Morgan fingerprint density at radius 1 is 1.18 bits per heavy atom. The van der Waals surface area contributed by atoms with Gasteiger partial charge in [0.15, 0.2) is 0 Å². The molecule has 0 saturated heterocycles. The fourth-order valence-electron chi connectivity index (χ4n) is 2.26. The Kier molecular flexibility index (Phi) is 4.61. The van der Waals surface area contributed by atoms with Crippen LogP contribution in [0.2, 0.25) is 0 Å². The Labute approximate surface area is 106 Å². The highest BCUT2D eigenvalue weighted by atomic mass is 16.3. The molecule has 1 unspecified atom stereocenters. The van der Waals surface area contributed by atoms with Crippen molar-refractivity contribution in [1.29, 1.82) is 0 Å². The van der Waals surface area contributed by atoms with E-state index >= 15 is 0 Å². The summed E-state index contributed by atoms with van der Waals surface area (Å²) in [4.78, 5) is 0. The van der Waals surface area contributed by atoms with Gasteiger partial charge in [-0.15, -0.1) is 0 Å². The van der Waals surface area contributed by atoms with E-state index in [-0.39, 0.29) is 0 Å². The highest BCUT2D eigenvalue weighted by Gasteiger charge is 2.36. The van der Waals surface area contributed by atoms with E-state index in [2.05, 4.69) is 19.2 Å². The summed E-state index contributed by atoms with van der Waals surface area (Å²) in [6, 6.07) is 0. The second-order valence-corrected chi connectivity index (χ2v) is 6.84. The van der Waals surface area contributed by atoms with Crippen molar-refractivity contribution < 1.29 is 10.2 Å². The summed E-state index contributed by atoms with van der Waals surface area (Å²) in [6.45, 7) is 9.48. The van der Waals surface area contributed by atoms with E-state index in [1.165, 1.54) is 0 Å². The van der Waals surface area contributed by atoms with Crippen LogP contribution in [-0.2, 0) is 0 Å². The molecule has 1 aliphatic rings. The van der Waals surface area contributed by atoms with Crippen molar-refractivity contribution in [2.24, 2.45) is 5.41 Å². The van der Waals surface area contributed by atoms with Gasteiger partial charge in [-0.25, -0.2) is 0 Å². The molecule has 1 aliphatic carbocycles. The van der Waals surface area contributed by atoms with Crippen LogP contribution in [0, 0.1) is 5.41 Å². The molecule has 0 aromatic rings. The number of rotatable bonds is 5. The predicted molar refractivity (Wildman–Crippen MR) is 71.0 cm³/mol. The summed E-state index contributed by atoms with van der Waals surface area (Å²) < 4.78 is 0. The first-order valence-corrected chi connectivity index (χ1v) is 6.84. The average Bonchev–Trinajstić information content (AvgIpc) is 2.23. The maximum absolute atomic E-state index is 10.4. The molecule has 0 radical (unpaired) electrons. The number of nitrogens with one attached hydrogen (secondary N) is 1. The van der Waals surface area contributed by atoms with Gasteiger partial charge < -0.3 is 15.5 Å². The molecule has 3 N–H and O–H groups in total. The quantitative estimate of drug-likeness (QED) is 0.693. The summed E-state index contributed by atoms with van der Waals surface area (Å²) in [7, 11) is 0. The number of hydrogen-bond acceptors (Lipinski definition) is 3. The van der Waals surface area contributed by atoms with Gasteiger partial charge in [0.05, 0.1) is 11.2 Å². The molecular formula is C14H29NO2. The lowest BCUT2D eigenvalue weighted by Gasteiger charge is -2.40. The standard InChI is InChI=1S/C14H29NO2/c1-5-13(4,16)10-15-11-14(17)8-6-12(2,3)7-9-14/h15-17H,5-11H2,1-4H3. The SMILES string of the molecule is CCC(C)(O)CNCC1(O)CCC(C)(C)CC1. The average molecular weight is 243 g/mol. The molecule has 1 rings (SSSR count). The molecule has 3 heteroatoms. The van der Waals surface area contributed by atoms with Crippen LogP contribution >= 0.6 is 0 Å². The maximum atomic E-state index is 10.4. The molecule has 0 bridgehead atoms. The summed E-state index contributed by atoms with van der Waals surface area (Å²) in [5, 5.41) is 23.5. The second kappa shape index (κ2) is 5.25. The Morgan fingerprint density at radius 2 is 1.71 bits per heavy atom. The summed E-state index contributed by atoms with van der Waals surface area (Å²) in [6.07, 6.45) is 4.61. The van der Waals surface area contributed by atoms with Gasteiger partial charge in [-0.2, -0.15) is 0 Å². The van der Waals surface area contributed by atoms with Crippen LogP contribution in [0.4, 0.5) is 0 Å². The predicted octanol–water partition coefficient (Wildman–Crippen LogP) is 2.07. The lowest BCUT2D eigenvalue weighted by atomic mass is 9.71. The van der Waals surface area contributed by atoms with Crippen molar-refractivity contribution in [3.8, 4) is 0 Å². The molecule has 0 aromatic carbocycles. The first-order valence-electron chi connectivity index (χ1n) is 6.84. The lowest BCUT2D eigenvalue weighted by Crippen LogP contribution is -2.48. The molecule has 0 aliphatic heterocycles. The van der Waals surface area contributed by atoms with Gasteiger partial charge in [-0.05, 0) is 44.4 Å². The van der Waals surface area contributed by atoms with E-state index in [1.807, 2.05) is 13.8 Å². The third-order valence-electron chi connectivity index (χ3n) is 4.26. The molecule has 1 fully saturated rings. The smallest absolute Gasteiger partial charge is 0.0772 e. The van der Waals surface area contributed by atoms with Crippen molar-refractivity contribution in [2.75, 3.05) is 13.1 Å². The Morgan fingerprint density at radius 3 is 2.18 bits per heavy atom. The van der Waals surface area contributed by atoms with Crippen LogP contribution in [-0.4, -0.2) is 34.5 Å². The Hall–Kier alpha value is -0.120. The van der Waals surface area contributed by atoms with Crippen LogP contribution in [0.5, 0.6) is 0 Å². The third kappa shape index (κ3) is 4.94. The van der Waals surface area contributed by atoms with E-state index in [0.717, 1.165) is 32.1 Å². The van der Waals surface area contributed by atoms with Gasteiger partial charge in [0.1, 0.15) is 0 Å². The lowest BCUT2D eigenvalue weighted by molar-refractivity contribution is -0.0295. The van der Waals surface area contributed by atoms with E-state index in [1.54, 1.807) is 0 Å². The van der Waals surface area contributed by atoms with E-state index in [4.69, 9.17) is 0 Å². The minimum atomic E-state index is -0.662. The molecule has 1 atom stereocenters. The molecule has 0 heterocycles. The van der Waals surface area contributed by atoms with Gasteiger partial charge in [0, 0.05) is 13.1 Å². The molecular weight excluding hydrogens is 214 g/mol. The largest absolute Gasteiger partial charge is 0.389 e. The molecule has 0 amide bonds. The highest BCUT2D eigenvalue weighted by Crippen LogP contribution is 2.39. The first kappa shape index (κ1) is 14.9. The molecule has 102 valence electrons. The first-order chi connectivity index (χ1) is 7.68. The topological polar surface area (TPSA) is 52.5 Å².